The molecular weight excluding hydrogens is 691 g/mol. The number of unbranched alkanes of at least 4 members (excludes halogenated alkanes) is 30. The molecule has 0 aromatic rings. The largest absolute Gasteiger partial charge is 0.472 e. The van der Waals surface area contributed by atoms with E-state index in [9.17, 15) is 19.4 Å². The number of aliphatic hydroxyl groups excluding tert-OH is 2. The zero-order valence-corrected chi connectivity index (χ0v) is 35.7. The normalized spacial score (nSPS) is 14.0. The summed E-state index contributed by atoms with van der Waals surface area (Å²) in [5, 5.41) is 18.3. The molecule has 0 bridgehead atoms. The summed E-state index contributed by atoms with van der Waals surface area (Å²) in [7, 11) is -4.51. The van der Waals surface area contributed by atoms with E-state index in [-0.39, 0.29) is 25.6 Å². The van der Waals surface area contributed by atoms with E-state index < -0.39 is 33.2 Å². The average Bonchev–Trinajstić information content (AvgIpc) is 3.15. The molecule has 0 saturated carbocycles. The number of hydrogen-bond acceptors (Lipinski definition) is 8. The highest BCUT2D eigenvalue weighted by atomic mass is 31.2. The second kappa shape index (κ2) is 41.1. The molecule has 0 aliphatic carbocycles. The second-order valence-corrected chi connectivity index (χ2v) is 16.9. The van der Waals surface area contributed by atoms with Gasteiger partial charge in [-0.2, -0.15) is 0 Å². The van der Waals surface area contributed by atoms with Crippen LogP contribution in [0.25, 0.3) is 0 Å². The van der Waals surface area contributed by atoms with E-state index in [1.807, 2.05) is 0 Å². The van der Waals surface area contributed by atoms with Crippen LogP contribution in [0.15, 0.2) is 0 Å². The molecule has 53 heavy (non-hydrogen) atoms. The van der Waals surface area contributed by atoms with Gasteiger partial charge in [-0.05, 0) is 12.8 Å². The summed E-state index contributed by atoms with van der Waals surface area (Å²) < 4.78 is 33.4. The highest BCUT2D eigenvalue weighted by Crippen LogP contribution is 2.43. The number of rotatable bonds is 44. The molecule has 0 aliphatic heterocycles. The first-order valence-corrected chi connectivity index (χ1v) is 24.0. The SMILES string of the molecule is CCCCCCCCCCCCCCCCCCCCC(=O)O[C@H](COCCCCCCCCCCCCCCCC)COP(=O)(O)OC[C@@H](O)CO. The first-order chi connectivity index (χ1) is 25.8. The van der Waals surface area contributed by atoms with Crippen LogP contribution in [0.3, 0.4) is 0 Å². The van der Waals surface area contributed by atoms with Crippen LogP contribution in [0.5, 0.6) is 0 Å². The van der Waals surface area contributed by atoms with Gasteiger partial charge in [0.2, 0.25) is 0 Å². The standard InChI is InChI=1S/C43H87O9P/c1-3-5-7-9-11-13-15-17-19-20-21-22-23-25-27-29-31-33-35-43(46)52-42(40-51-53(47,48)50-38-41(45)37-44)39-49-36-34-32-30-28-26-24-18-16-14-12-10-8-6-4-2/h41-42,44-45H,3-40H2,1-2H3,(H,47,48)/t41-,42+/m0/s1. The number of carbonyl (C=O) groups excluding carboxylic acids is 1. The molecule has 318 valence electrons. The van der Waals surface area contributed by atoms with Crippen molar-refractivity contribution < 1.29 is 43.0 Å². The summed E-state index contributed by atoms with van der Waals surface area (Å²) in [6, 6.07) is 0. The lowest BCUT2D eigenvalue weighted by Gasteiger charge is -2.20. The predicted octanol–water partition coefficient (Wildman–Crippen LogP) is 12.3. The molecular formula is C43H87O9P. The van der Waals surface area contributed by atoms with Crippen LogP contribution in [0.1, 0.15) is 226 Å². The molecule has 9 nitrogen and oxygen atoms in total. The third-order valence-corrected chi connectivity index (χ3v) is 11.0. The van der Waals surface area contributed by atoms with E-state index in [4.69, 9.17) is 23.6 Å². The highest BCUT2D eigenvalue weighted by molar-refractivity contribution is 7.47. The maximum Gasteiger partial charge on any atom is 0.472 e. The molecule has 0 aliphatic rings. The Morgan fingerprint density at radius 3 is 1.23 bits per heavy atom. The summed E-state index contributed by atoms with van der Waals surface area (Å²) in [4.78, 5) is 22.6. The molecule has 0 aromatic heterocycles. The number of ether oxygens (including phenoxy) is 2. The van der Waals surface area contributed by atoms with Crippen molar-refractivity contribution in [3.05, 3.63) is 0 Å². The van der Waals surface area contributed by atoms with Crippen LogP contribution in [0.4, 0.5) is 0 Å². The number of phosphoric ester groups is 1. The molecule has 0 saturated heterocycles. The first-order valence-electron chi connectivity index (χ1n) is 22.5. The number of phosphoric acid groups is 1. The van der Waals surface area contributed by atoms with E-state index in [0.717, 1.165) is 32.1 Å². The fourth-order valence-corrected chi connectivity index (χ4v) is 7.38. The monoisotopic (exact) mass is 779 g/mol. The van der Waals surface area contributed by atoms with Gasteiger partial charge in [0.25, 0.3) is 0 Å². The van der Waals surface area contributed by atoms with E-state index in [0.29, 0.717) is 6.61 Å². The highest BCUT2D eigenvalue weighted by Gasteiger charge is 2.26. The quantitative estimate of drug-likeness (QED) is 0.0314. The molecule has 0 heterocycles. The molecule has 0 amide bonds. The predicted molar refractivity (Wildman–Crippen MR) is 219 cm³/mol. The number of carbonyl (C=O) groups is 1. The zero-order valence-electron chi connectivity index (χ0n) is 34.8. The molecule has 10 heteroatoms. The minimum absolute atomic E-state index is 0.0581. The Morgan fingerprint density at radius 1 is 0.509 bits per heavy atom. The smallest absolute Gasteiger partial charge is 0.457 e. The number of hydrogen-bond donors (Lipinski definition) is 3. The van der Waals surface area contributed by atoms with E-state index >= 15 is 0 Å². The van der Waals surface area contributed by atoms with Gasteiger partial charge in [-0.15, -0.1) is 0 Å². The van der Waals surface area contributed by atoms with Crippen molar-refractivity contribution in [3.63, 3.8) is 0 Å². The molecule has 1 unspecified atom stereocenters. The van der Waals surface area contributed by atoms with E-state index in [1.165, 1.54) is 173 Å². The van der Waals surface area contributed by atoms with Crippen LogP contribution in [0, 0.1) is 0 Å². The fraction of sp³-hybridized carbons (Fsp3) is 0.977. The lowest BCUT2D eigenvalue weighted by Crippen LogP contribution is -2.29. The van der Waals surface area contributed by atoms with Crippen molar-refractivity contribution in [2.24, 2.45) is 0 Å². The Balaban J connectivity index is 4.09. The van der Waals surface area contributed by atoms with Crippen molar-refractivity contribution in [2.45, 2.75) is 238 Å². The maximum absolute atomic E-state index is 12.6. The summed E-state index contributed by atoms with van der Waals surface area (Å²) in [6.45, 7) is 3.58. The summed E-state index contributed by atoms with van der Waals surface area (Å²) in [5.41, 5.74) is 0. The van der Waals surface area contributed by atoms with Crippen molar-refractivity contribution in [1.29, 1.82) is 0 Å². The van der Waals surface area contributed by atoms with Crippen molar-refractivity contribution in [3.8, 4) is 0 Å². The van der Waals surface area contributed by atoms with Crippen LogP contribution >= 0.6 is 7.82 Å². The Hall–Kier alpha value is -0.540. The minimum atomic E-state index is -4.51. The minimum Gasteiger partial charge on any atom is -0.457 e. The third kappa shape index (κ3) is 40.9. The maximum atomic E-state index is 12.6. The van der Waals surface area contributed by atoms with Crippen LogP contribution in [0.2, 0.25) is 0 Å². The van der Waals surface area contributed by atoms with Gasteiger partial charge in [-0.3, -0.25) is 13.8 Å². The summed E-state index contributed by atoms with van der Waals surface area (Å²) >= 11 is 0. The third-order valence-electron chi connectivity index (χ3n) is 10.0. The van der Waals surface area contributed by atoms with Gasteiger partial charge in [-0.25, -0.2) is 4.57 Å². The van der Waals surface area contributed by atoms with Crippen LogP contribution < -0.4 is 0 Å². The van der Waals surface area contributed by atoms with Crippen molar-refractivity contribution >= 4 is 13.8 Å². The van der Waals surface area contributed by atoms with Gasteiger partial charge in [0.1, 0.15) is 12.2 Å². The summed E-state index contributed by atoms with van der Waals surface area (Å²) in [6.07, 6.45) is 39.1. The molecule has 0 aromatic carbocycles. The van der Waals surface area contributed by atoms with Crippen LogP contribution in [-0.4, -0.2) is 66.3 Å². The number of aliphatic hydroxyl groups is 2. The molecule has 0 radical (unpaired) electrons. The van der Waals surface area contributed by atoms with E-state index in [2.05, 4.69) is 13.8 Å². The Morgan fingerprint density at radius 2 is 0.849 bits per heavy atom. The molecule has 3 atom stereocenters. The van der Waals surface area contributed by atoms with Gasteiger partial charge in [0.05, 0.1) is 26.4 Å². The van der Waals surface area contributed by atoms with Gasteiger partial charge >= 0.3 is 13.8 Å². The lowest BCUT2D eigenvalue weighted by molar-refractivity contribution is -0.154. The van der Waals surface area contributed by atoms with E-state index in [1.54, 1.807) is 0 Å². The van der Waals surface area contributed by atoms with Gasteiger partial charge in [0, 0.05) is 13.0 Å². The van der Waals surface area contributed by atoms with Gasteiger partial charge in [0.15, 0.2) is 0 Å². The Labute approximate surface area is 327 Å². The fourth-order valence-electron chi connectivity index (χ4n) is 6.59. The molecule has 3 N–H and O–H groups in total. The average molecular weight is 779 g/mol. The topological polar surface area (TPSA) is 132 Å². The summed E-state index contributed by atoms with van der Waals surface area (Å²) in [5.74, 6) is -0.375. The van der Waals surface area contributed by atoms with Gasteiger partial charge < -0.3 is 24.6 Å². The Kier molecular flexibility index (Phi) is 40.7. The first kappa shape index (κ1) is 52.5. The molecule has 0 rings (SSSR count). The van der Waals surface area contributed by atoms with Gasteiger partial charge in [-0.1, -0.05) is 206 Å². The van der Waals surface area contributed by atoms with Crippen molar-refractivity contribution in [2.75, 3.05) is 33.0 Å². The molecule has 0 spiro atoms. The lowest BCUT2D eigenvalue weighted by atomic mass is 10.0. The Bertz CT molecular complexity index is 800. The number of esters is 1. The molecule has 0 fully saturated rings. The van der Waals surface area contributed by atoms with Crippen LogP contribution in [-0.2, 0) is 27.9 Å². The second-order valence-electron chi connectivity index (χ2n) is 15.4. The van der Waals surface area contributed by atoms with Crippen molar-refractivity contribution in [1.82, 2.24) is 0 Å². The zero-order chi connectivity index (χ0) is 38.9.